The molecule has 3 rings (SSSR count). The average molecular weight is 451 g/mol. The van der Waals surface area contributed by atoms with Crippen LogP contribution >= 0.6 is 11.6 Å². The Morgan fingerprint density at radius 2 is 1.84 bits per heavy atom. The molecule has 0 saturated carbocycles. The summed E-state index contributed by atoms with van der Waals surface area (Å²) in [5.74, 6) is -1.96. The molecule has 0 aliphatic heterocycles. The van der Waals surface area contributed by atoms with Crippen LogP contribution in [0.3, 0.4) is 0 Å². The van der Waals surface area contributed by atoms with Gasteiger partial charge in [-0.1, -0.05) is 36.7 Å². The number of methoxy groups -OCH3 is 1. The van der Waals surface area contributed by atoms with E-state index in [2.05, 4.69) is 15.0 Å². The molecule has 2 atom stereocenters. The molecule has 2 heterocycles. The van der Waals surface area contributed by atoms with Gasteiger partial charge in [0.25, 0.3) is 5.56 Å². The van der Waals surface area contributed by atoms with E-state index in [4.69, 9.17) is 16.3 Å². The molecule has 0 aliphatic rings. The predicted octanol–water partition coefficient (Wildman–Crippen LogP) is -1.16. The molecule has 2 unspecified atom stereocenters. The maximum Gasteiger partial charge on any atom is 1.00 e. The first kappa shape index (κ1) is 25.0. The summed E-state index contributed by atoms with van der Waals surface area (Å²) in [6.07, 6.45) is 3.38. The van der Waals surface area contributed by atoms with E-state index in [0.29, 0.717) is 10.8 Å². The minimum Gasteiger partial charge on any atom is -0.543 e. The zero-order valence-corrected chi connectivity index (χ0v) is 20.7. The fraction of sp³-hybridized carbons (Fsp3) is 0.286. The number of nitrogens with zero attached hydrogens (tertiary/aromatic N) is 4. The van der Waals surface area contributed by atoms with Crippen molar-refractivity contribution in [2.45, 2.75) is 25.7 Å². The zero-order chi connectivity index (χ0) is 22.0. The van der Waals surface area contributed by atoms with Crippen LogP contribution in [0.1, 0.15) is 52.0 Å². The Morgan fingerprint density at radius 3 is 2.39 bits per heavy atom. The number of halogens is 1. The summed E-state index contributed by atoms with van der Waals surface area (Å²) in [6.45, 7) is 3.61. The molecule has 0 aliphatic carbocycles. The van der Waals surface area contributed by atoms with E-state index in [-0.39, 0.29) is 47.0 Å². The van der Waals surface area contributed by atoms with E-state index in [9.17, 15) is 14.7 Å². The minimum absolute atomic E-state index is 0. The first-order chi connectivity index (χ1) is 14.3. The second-order valence-corrected chi connectivity index (χ2v) is 7.26. The van der Waals surface area contributed by atoms with Gasteiger partial charge in [0.05, 0.1) is 13.1 Å². The van der Waals surface area contributed by atoms with Crippen LogP contribution in [0.25, 0.3) is 0 Å². The summed E-state index contributed by atoms with van der Waals surface area (Å²) < 4.78 is 6.23. The SMILES string of the molecule is COc1c(C(=O)[O-])nc(C(C)C(c2cnc(C)nc2)c2ccccc2Cl)n(C)c1=O.[Na+]. The van der Waals surface area contributed by atoms with Crippen LogP contribution in [-0.4, -0.2) is 32.6 Å². The number of aryl methyl sites for hydroxylation is 1. The van der Waals surface area contributed by atoms with Gasteiger partial charge in [-0.3, -0.25) is 9.36 Å². The number of rotatable bonds is 6. The molecular weight excluding hydrogens is 431 g/mol. The first-order valence-electron chi connectivity index (χ1n) is 9.15. The van der Waals surface area contributed by atoms with Crippen LogP contribution in [0, 0.1) is 6.92 Å². The van der Waals surface area contributed by atoms with Crippen LogP contribution in [0.5, 0.6) is 5.75 Å². The van der Waals surface area contributed by atoms with Gasteiger partial charge in [0.15, 0.2) is 0 Å². The number of carboxylic acid groups (broad SMARTS) is 1. The van der Waals surface area contributed by atoms with Crippen molar-refractivity contribution in [2.75, 3.05) is 7.11 Å². The van der Waals surface area contributed by atoms with Crippen molar-refractivity contribution in [1.29, 1.82) is 0 Å². The van der Waals surface area contributed by atoms with Crippen LogP contribution in [-0.2, 0) is 7.05 Å². The van der Waals surface area contributed by atoms with E-state index in [1.807, 2.05) is 25.1 Å². The van der Waals surface area contributed by atoms with Crippen molar-refractivity contribution in [2.24, 2.45) is 7.05 Å². The van der Waals surface area contributed by atoms with Crippen LogP contribution < -0.4 is 45.0 Å². The molecule has 2 aromatic heterocycles. The normalized spacial score (nSPS) is 12.5. The molecule has 10 heteroatoms. The minimum atomic E-state index is -1.59. The molecule has 8 nitrogen and oxygen atoms in total. The van der Waals surface area contributed by atoms with Crippen molar-refractivity contribution in [1.82, 2.24) is 19.5 Å². The second-order valence-electron chi connectivity index (χ2n) is 6.85. The molecule has 0 amide bonds. The maximum atomic E-state index is 12.7. The zero-order valence-electron chi connectivity index (χ0n) is 17.9. The third-order valence-electron chi connectivity index (χ3n) is 4.99. The third-order valence-corrected chi connectivity index (χ3v) is 5.33. The average Bonchev–Trinajstić information content (AvgIpc) is 2.72. The van der Waals surface area contributed by atoms with E-state index >= 15 is 0 Å². The number of carbonyl (C=O) groups excluding carboxylic acids is 1. The summed E-state index contributed by atoms with van der Waals surface area (Å²) in [7, 11) is 2.72. The molecule has 0 bridgehead atoms. The number of carbonyl (C=O) groups is 1. The molecular formula is C21H20ClN4NaO4. The maximum absolute atomic E-state index is 12.7. The standard InChI is InChI=1S/C21H21ClN4O4.Na/c1-11(19-25-17(21(28)29)18(30-4)20(27)26(19)3)16(13-9-23-12(2)24-10-13)14-7-5-6-8-15(14)22;/h5-11,16H,1-4H3,(H,28,29);/q;+1/p-1. The van der Waals surface area contributed by atoms with Crippen molar-refractivity contribution >= 4 is 17.6 Å². The molecule has 3 aromatic rings. The van der Waals surface area contributed by atoms with E-state index < -0.39 is 23.1 Å². The first-order valence-corrected chi connectivity index (χ1v) is 9.53. The summed E-state index contributed by atoms with van der Waals surface area (Å²) in [6, 6.07) is 7.29. The molecule has 1 aromatic carbocycles. The Morgan fingerprint density at radius 1 is 1.23 bits per heavy atom. The van der Waals surface area contributed by atoms with Crippen molar-refractivity contribution in [3.63, 3.8) is 0 Å². The molecule has 31 heavy (non-hydrogen) atoms. The number of benzene rings is 1. The van der Waals surface area contributed by atoms with Crippen LogP contribution in [0.4, 0.5) is 0 Å². The molecule has 156 valence electrons. The van der Waals surface area contributed by atoms with E-state index in [1.165, 1.54) is 18.7 Å². The monoisotopic (exact) mass is 450 g/mol. The fourth-order valence-corrected chi connectivity index (χ4v) is 3.76. The Labute approximate surface area is 206 Å². The number of aromatic nitrogens is 4. The molecule has 0 N–H and O–H groups in total. The van der Waals surface area contributed by atoms with Crippen LogP contribution in [0.2, 0.25) is 5.02 Å². The van der Waals surface area contributed by atoms with Gasteiger partial charge in [-0.2, -0.15) is 0 Å². The Bertz CT molecular complexity index is 1150. The Kier molecular flexibility index (Phi) is 8.36. The number of ether oxygens (including phenoxy) is 1. The molecule has 0 fully saturated rings. The number of aromatic carboxylic acids is 1. The van der Waals surface area contributed by atoms with Crippen molar-refractivity contribution < 1.29 is 44.2 Å². The van der Waals surface area contributed by atoms with Gasteiger partial charge in [0, 0.05) is 36.3 Å². The summed E-state index contributed by atoms with van der Waals surface area (Å²) >= 11 is 6.48. The Balaban J connectivity index is 0.00000341. The number of hydrogen-bond acceptors (Lipinski definition) is 7. The predicted molar refractivity (Wildman–Crippen MR) is 109 cm³/mol. The van der Waals surface area contributed by atoms with Gasteiger partial charge in [-0.15, -0.1) is 0 Å². The van der Waals surface area contributed by atoms with Gasteiger partial charge < -0.3 is 14.6 Å². The summed E-state index contributed by atoms with van der Waals surface area (Å²) in [5.41, 5.74) is 0.368. The molecule has 0 spiro atoms. The van der Waals surface area contributed by atoms with Crippen LogP contribution in [0.15, 0.2) is 41.5 Å². The smallest absolute Gasteiger partial charge is 0.543 e. The quantitative estimate of drug-likeness (QED) is 0.436. The number of carboxylic acids is 1. The van der Waals surface area contributed by atoms with Gasteiger partial charge in [-0.25, -0.2) is 15.0 Å². The van der Waals surface area contributed by atoms with Gasteiger partial charge >= 0.3 is 29.6 Å². The second kappa shape index (κ2) is 10.4. The van der Waals surface area contributed by atoms with Gasteiger partial charge in [0.1, 0.15) is 17.3 Å². The molecule has 0 radical (unpaired) electrons. The summed E-state index contributed by atoms with van der Waals surface area (Å²) in [5, 5.41) is 12.1. The van der Waals surface area contributed by atoms with Crippen molar-refractivity contribution in [3.05, 3.63) is 80.5 Å². The van der Waals surface area contributed by atoms with Gasteiger partial charge in [-0.05, 0) is 24.1 Å². The van der Waals surface area contributed by atoms with Gasteiger partial charge in [0.2, 0.25) is 5.75 Å². The third kappa shape index (κ3) is 4.98. The topological polar surface area (TPSA) is 110 Å². The fourth-order valence-electron chi connectivity index (χ4n) is 3.50. The number of hydrogen-bond donors (Lipinski definition) is 0. The molecule has 0 saturated heterocycles. The summed E-state index contributed by atoms with van der Waals surface area (Å²) in [4.78, 5) is 37.1. The largest absolute Gasteiger partial charge is 1.00 e. The van der Waals surface area contributed by atoms with Crippen molar-refractivity contribution in [3.8, 4) is 5.75 Å². The Hall–Kier alpha value is -2.26. The van der Waals surface area contributed by atoms with E-state index in [1.54, 1.807) is 25.4 Å². The van der Waals surface area contributed by atoms with E-state index in [0.717, 1.165) is 11.1 Å².